The highest BCUT2D eigenvalue weighted by atomic mass is 19.1. The SMILES string of the molecule is CNc1cncc(NCc2ccc(F)cc2)n1. The average Bonchev–Trinajstić information content (AvgIpc) is 2.38. The molecule has 0 fully saturated rings. The molecule has 2 rings (SSSR count). The van der Waals surface area contributed by atoms with Crippen molar-refractivity contribution >= 4 is 11.6 Å². The summed E-state index contributed by atoms with van der Waals surface area (Å²) in [5.74, 6) is 1.15. The second-order valence-electron chi connectivity index (χ2n) is 3.52. The number of benzene rings is 1. The van der Waals surface area contributed by atoms with Gasteiger partial charge in [0.2, 0.25) is 0 Å². The maximum absolute atomic E-state index is 12.7. The lowest BCUT2D eigenvalue weighted by atomic mass is 10.2. The first-order chi connectivity index (χ1) is 8.28. The Bertz CT molecular complexity index is 484. The fourth-order valence-corrected chi connectivity index (χ4v) is 1.37. The van der Waals surface area contributed by atoms with E-state index < -0.39 is 0 Å². The van der Waals surface area contributed by atoms with Crippen molar-refractivity contribution < 1.29 is 4.39 Å². The summed E-state index contributed by atoms with van der Waals surface area (Å²) < 4.78 is 12.7. The molecule has 1 aromatic carbocycles. The molecule has 88 valence electrons. The second kappa shape index (κ2) is 5.25. The first-order valence-corrected chi connectivity index (χ1v) is 5.26. The summed E-state index contributed by atoms with van der Waals surface area (Å²) in [5, 5.41) is 6.03. The van der Waals surface area contributed by atoms with Gasteiger partial charge in [0.15, 0.2) is 0 Å². The Kier molecular flexibility index (Phi) is 3.49. The summed E-state index contributed by atoms with van der Waals surface area (Å²) in [6.07, 6.45) is 3.29. The highest BCUT2D eigenvalue weighted by Gasteiger charge is 1.98. The predicted octanol–water partition coefficient (Wildman–Crippen LogP) is 2.27. The Hall–Kier alpha value is -2.17. The molecule has 0 unspecified atom stereocenters. The summed E-state index contributed by atoms with van der Waals surface area (Å²) in [6, 6.07) is 6.34. The lowest BCUT2D eigenvalue weighted by molar-refractivity contribution is 0.627. The fourth-order valence-electron chi connectivity index (χ4n) is 1.37. The molecule has 4 nitrogen and oxygen atoms in total. The normalized spacial score (nSPS) is 10.0. The number of anilines is 2. The second-order valence-corrected chi connectivity index (χ2v) is 3.52. The Balaban J connectivity index is 1.99. The van der Waals surface area contributed by atoms with Crippen LogP contribution < -0.4 is 10.6 Å². The number of rotatable bonds is 4. The third kappa shape index (κ3) is 3.14. The first kappa shape index (κ1) is 11.3. The van der Waals surface area contributed by atoms with Gasteiger partial charge in [-0.1, -0.05) is 12.1 Å². The number of nitrogens with zero attached hydrogens (tertiary/aromatic N) is 2. The van der Waals surface area contributed by atoms with E-state index in [1.807, 2.05) is 0 Å². The highest BCUT2D eigenvalue weighted by Crippen LogP contribution is 2.08. The van der Waals surface area contributed by atoms with E-state index in [1.54, 1.807) is 31.6 Å². The molecule has 0 aliphatic heterocycles. The van der Waals surface area contributed by atoms with Crippen LogP contribution in [0, 0.1) is 5.82 Å². The van der Waals surface area contributed by atoms with E-state index in [-0.39, 0.29) is 5.82 Å². The van der Waals surface area contributed by atoms with Crippen LogP contribution in [-0.4, -0.2) is 17.0 Å². The fraction of sp³-hybridized carbons (Fsp3) is 0.167. The van der Waals surface area contributed by atoms with Crippen LogP contribution in [0.3, 0.4) is 0 Å². The van der Waals surface area contributed by atoms with Gasteiger partial charge in [-0.3, -0.25) is 4.98 Å². The first-order valence-electron chi connectivity index (χ1n) is 5.26. The Morgan fingerprint density at radius 3 is 2.53 bits per heavy atom. The van der Waals surface area contributed by atoms with E-state index in [0.717, 1.165) is 5.56 Å². The number of halogens is 1. The molecule has 2 aromatic rings. The summed E-state index contributed by atoms with van der Waals surface area (Å²) in [4.78, 5) is 8.30. The van der Waals surface area contributed by atoms with Crippen LogP contribution in [0.25, 0.3) is 0 Å². The van der Waals surface area contributed by atoms with Crippen LogP contribution in [0.1, 0.15) is 5.56 Å². The van der Waals surface area contributed by atoms with Crippen molar-refractivity contribution in [2.24, 2.45) is 0 Å². The maximum Gasteiger partial charge on any atom is 0.147 e. The molecule has 0 aliphatic rings. The number of hydrogen-bond acceptors (Lipinski definition) is 4. The van der Waals surface area contributed by atoms with Crippen molar-refractivity contribution in [3.8, 4) is 0 Å². The molecule has 1 aromatic heterocycles. The largest absolute Gasteiger partial charge is 0.372 e. The van der Waals surface area contributed by atoms with Crippen molar-refractivity contribution in [3.63, 3.8) is 0 Å². The van der Waals surface area contributed by atoms with Crippen molar-refractivity contribution in [1.29, 1.82) is 0 Å². The topological polar surface area (TPSA) is 49.8 Å². The molecule has 0 radical (unpaired) electrons. The van der Waals surface area contributed by atoms with E-state index in [9.17, 15) is 4.39 Å². The standard InChI is InChI=1S/C12H13FN4/c1-14-11-7-15-8-12(17-11)16-6-9-2-4-10(13)5-3-9/h2-5,7-8H,6H2,1H3,(H2,14,16,17). The smallest absolute Gasteiger partial charge is 0.147 e. The number of aromatic nitrogens is 2. The molecule has 0 atom stereocenters. The third-order valence-electron chi connectivity index (χ3n) is 2.28. The van der Waals surface area contributed by atoms with Crippen LogP contribution in [0.4, 0.5) is 16.0 Å². The Labute approximate surface area is 98.9 Å². The van der Waals surface area contributed by atoms with E-state index in [2.05, 4.69) is 20.6 Å². The van der Waals surface area contributed by atoms with Crippen LogP contribution in [0.5, 0.6) is 0 Å². The van der Waals surface area contributed by atoms with E-state index >= 15 is 0 Å². The molecule has 0 spiro atoms. The Morgan fingerprint density at radius 1 is 1.12 bits per heavy atom. The van der Waals surface area contributed by atoms with Crippen LogP contribution >= 0.6 is 0 Å². The number of nitrogens with one attached hydrogen (secondary N) is 2. The van der Waals surface area contributed by atoms with Gasteiger partial charge in [0.05, 0.1) is 12.4 Å². The van der Waals surface area contributed by atoms with Gasteiger partial charge in [0.25, 0.3) is 0 Å². The zero-order valence-corrected chi connectivity index (χ0v) is 9.44. The maximum atomic E-state index is 12.7. The lowest BCUT2D eigenvalue weighted by Gasteiger charge is -2.06. The van der Waals surface area contributed by atoms with Crippen LogP contribution in [0.2, 0.25) is 0 Å². The molecule has 17 heavy (non-hydrogen) atoms. The van der Waals surface area contributed by atoms with Gasteiger partial charge in [0.1, 0.15) is 17.5 Å². The highest BCUT2D eigenvalue weighted by molar-refractivity contribution is 5.41. The zero-order chi connectivity index (χ0) is 12.1. The van der Waals surface area contributed by atoms with E-state index in [0.29, 0.717) is 18.2 Å². The molecule has 2 N–H and O–H groups in total. The quantitative estimate of drug-likeness (QED) is 0.849. The third-order valence-corrected chi connectivity index (χ3v) is 2.28. The van der Waals surface area contributed by atoms with E-state index in [1.165, 1.54) is 12.1 Å². The van der Waals surface area contributed by atoms with Gasteiger partial charge in [-0.25, -0.2) is 9.37 Å². The van der Waals surface area contributed by atoms with Gasteiger partial charge in [-0.2, -0.15) is 0 Å². The number of hydrogen-bond donors (Lipinski definition) is 2. The summed E-state index contributed by atoms with van der Waals surface area (Å²) in [6.45, 7) is 0.585. The molecule has 0 saturated heterocycles. The molecular formula is C12H13FN4. The predicted molar refractivity (Wildman–Crippen MR) is 65.3 cm³/mol. The molecule has 0 saturated carbocycles. The summed E-state index contributed by atoms with van der Waals surface area (Å²) in [5.41, 5.74) is 0.989. The van der Waals surface area contributed by atoms with E-state index in [4.69, 9.17) is 0 Å². The van der Waals surface area contributed by atoms with Gasteiger partial charge in [-0.15, -0.1) is 0 Å². The van der Waals surface area contributed by atoms with Gasteiger partial charge >= 0.3 is 0 Å². The summed E-state index contributed by atoms with van der Waals surface area (Å²) >= 11 is 0. The average molecular weight is 232 g/mol. The Morgan fingerprint density at radius 2 is 1.82 bits per heavy atom. The molecular weight excluding hydrogens is 219 g/mol. The molecule has 5 heteroatoms. The van der Waals surface area contributed by atoms with Crippen molar-refractivity contribution in [2.45, 2.75) is 6.54 Å². The molecule has 0 bridgehead atoms. The minimum Gasteiger partial charge on any atom is -0.372 e. The summed E-state index contributed by atoms with van der Waals surface area (Å²) in [7, 11) is 1.79. The van der Waals surface area contributed by atoms with Gasteiger partial charge in [-0.05, 0) is 17.7 Å². The minimum atomic E-state index is -0.231. The molecule has 1 heterocycles. The molecule has 0 aliphatic carbocycles. The van der Waals surface area contributed by atoms with Crippen LogP contribution in [-0.2, 0) is 6.54 Å². The lowest BCUT2D eigenvalue weighted by Crippen LogP contribution is -2.03. The monoisotopic (exact) mass is 232 g/mol. The van der Waals surface area contributed by atoms with Crippen molar-refractivity contribution in [1.82, 2.24) is 9.97 Å². The van der Waals surface area contributed by atoms with Gasteiger partial charge in [0, 0.05) is 13.6 Å². The minimum absolute atomic E-state index is 0.231. The van der Waals surface area contributed by atoms with Crippen LogP contribution in [0.15, 0.2) is 36.7 Å². The van der Waals surface area contributed by atoms with Crippen molar-refractivity contribution in [3.05, 3.63) is 48.0 Å². The van der Waals surface area contributed by atoms with Crippen molar-refractivity contribution in [2.75, 3.05) is 17.7 Å². The van der Waals surface area contributed by atoms with Gasteiger partial charge < -0.3 is 10.6 Å². The zero-order valence-electron chi connectivity index (χ0n) is 9.44. The molecule has 0 amide bonds.